The number of hydrogen-bond acceptors (Lipinski definition) is 4. The van der Waals surface area contributed by atoms with E-state index in [1.54, 1.807) is 0 Å². The van der Waals surface area contributed by atoms with E-state index in [4.69, 9.17) is 26.4 Å². The lowest BCUT2D eigenvalue weighted by Crippen LogP contribution is -2.42. The van der Waals surface area contributed by atoms with Crippen molar-refractivity contribution in [1.82, 2.24) is 5.32 Å². The summed E-state index contributed by atoms with van der Waals surface area (Å²) in [4.78, 5) is 0. The van der Waals surface area contributed by atoms with E-state index in [-0.39, 0.29) is 18.4 Å². The maximum atomic E-state index is 6.12. The number of ether oxygens (including phenoxy) is 3. The average molecular weight is 370 g/mol. The third kappa shape index (κ3) is 3.42. The van der Waals surface area contributed by atoms with Crippen LogP contribution in [-0.4, -0.2) is 17.5 Å². The van der Waals surface area contributed by atoms with Crippen molar-refractivity contribution in [2.24, 2.45) is 0 Å². The summed E-state index contributed by atoms with van der Waals surface area (Å²) in [6, 6.07) is 12.0. The Bertz CT molecular complexity index is 866. The van der Waals surface area contributed by atoms with Crippen LogP contribution in [-0.2, 0) is 0 Å². The first-order valence-electron chi connectivity index (χ1n) is 8.66. The first-order valence-corrected chi connectivity index (χ1v) is 9.07. The Labute approximate surface area is 158 Å². The minimum Gasteiger partial charge on any atom is -0.487 e. The minimum atomic E-state index is -0.256. The number of nitrogens with one attached hydrogen (secondary N) is 2. The highest BCUT2D eigenvalue weighted by molar-refractivity contribution is 7.80. The van der Waals surface area contributed by atoms with E-state index in [2.05, 4.69) is 43.5 Å². The van der Waals surface area contributed by atoms with E-state index < -0.39 is 0 Å². The SMILES string of the molecule is Cc1ccc2c(c1)[C@H](NC(=S)Nc1ccc3c(c1)OCO3)CC(C)(C)O2. The highest BCUT2D eigenvalue weighted by atomic mass is 32.1. The fourth-order valence-corrected chi connectivity index (χ4v) is 3.66. The van der Waals surface area contributed by atoms with Gasteiger partial charge in [-0.2, -0.15) is 0 Å². The van der Waals surface area contributed by atoms with Gasteiger partial charge in [-0.1, -0.05) is 17.7 Å². The van der Waals surface area contributed by atoms with Crippen LogP contribution in [0.4, 0.5) is 5.69 Å². The average Bonchev–Trinajstić information content (AvgIpc) is 3.02. The molecule has 2 N–H and O–H groups in total. The predicted octanol–water partition coefficient (Wildman–Crippen LogP) is 4.31. The topological polar surface area (TPSA) is 51.8 Å². The summed E-state index contributed by atoms with van der Waals surface area (Å²) in [5.41, 5.74) is 2.95. The molecule has 2 aromatic carbocycles. The van der Waals surface area contributed by atoms with E-state index in [1.807, 2.05) is 24.3 Å². The lowest BCUT2D eigenvalue weighted by atomic mass is 9.89. The summed E-state index contributed by atoms with van der Waals surface area (Å²) in [7, 11) is 0. The Balaban J connectivity index is 1.51. The maximum absolute atomic E-state index is 6.12. The van der Waals surface area contributed by atoms with Crippen LogP contribution in [0.15, 0.2) is 36.4 Å². The number of rotatable bonds is 2. The molecule has 0 saturated heterocycles. The number of benzene rings is 2. The first kappa shape index (κ1) is 17.0. The Hall–Kier alpha value is -2.47. The highest BCUT2D eigenvalue weighted by Crippen LogP contribution is 2.40. The number of hydrogen-bond donors (Lipinski definition) is 2. The van der Waals surface area contributed by atoms with Crippen LogP contribution in [0.3, 0.4) is 0 Å². The van der Waals surface area contributed by atoms with E-state index in [1.165, 1.54) is 5.56 Å². The monoisotopic (exact) mass is 370 g/mol. The third-order valence-corrected chi connectivity index (χ3v) is 4.78. The van der Waals surface area contributed by atoms with Gasteiger partial charge < -0.3 is 24.8 Å². The van der Waals surface area contributed by atoms with Gasteiger partial charge in [-0.15, -0.1) is 0 Å². The minimum absolute atomic E-state index is 0.0858. The second kappa shape index (κ2) is 6.36. The second-order valence-electron chi connectivity index (χ2n) is 7.33. The van der Waals surface area contributed by atoms with Crippen LogP contribution in [0.25, 0.3) is 0 Å². The van der Waals surface area contributed by atoms with Crippen molar-refractivity contribution in [3.63, 3.8) is 0 Å². The largest absolute Gasteiger partial charge is 0.487 e. The molecule has 0 fully saturated rings. The molecule has 0 spiro atoms. The highest BCUT2D eigenvalue weighted by Gasteiger charge is 2.34. The lowest BCUT2D eigenvalue weighted by molar-refractivity contribution is 0.0696. The van der Waals surface area contributed by atoms with Crippen molar-refractivity contribution in [3.05, 3.63) is 47.5 Å². The number of fused-ring (bicyclic) bond motifs is 2. The molecule has 26 heavy (non-hydrogen) atoms. The van der Waals surface area contributed by atoms with E-state index in [0.717, 1.165) is 34.9 Å². The van der Waals surface area contributed by atoms with Gasteiger partial charge in [0.15, 0.2) is 16.6 Å². The van der Waals surface area contributed by atoms with Crippen molar-refractivity contribution < 1.29 is 14.2 Å². The summed E-state index contributed by atoms with van der Waals surface area (Å²) in [6.45, 7) is 6.53. The fourth-order valence-electron chi connectivity index (χ4n) is 3.40. The molecule has 0 aromatic heterocycles. The van der Waals surface area contributed by atoms with Crippen LogP contribution in [0.2, 0.25) is 0 Å². The van der Waals surface area contributed by atoms with Crippen LogP contribution < -0.4 is 24.8 Å². The summed E-state index contributed by atoms with van der Waals surface area (Å²) in [5.74, 6) is 2.39. The molecule has 5 nitrogen and oxygen atoms in total. The molecule has 2 aliphatic rings. The lowest BCUT2D eigenvalue weighted by Gasteiger charge is -2.38. The second-order valence-corrected chi connectivity index (χ2v) is 7.73. The van der Waals surface area contributed by atoms with Crippen molar-refractivity contribution in [1.29, 1.82) is 0 Å². The van der Waals surface area contributed by atoms with Crippen LogP contribution in [0, 0.1) is 6.92 Å². The van der Waals surface area contributed by atoms with Gasteiger partial charge in [-0.25, -0.2) is 0 Å². The zero-order valence-electron chi connectivity index (χ0n) is 15.1. The van der Waals surface area contributed by atoms with Crippen LogP contribution >= 0.6 is 12.2 Å². The first-order chi connectivity index (χ1) is 12.4. The molecule has 0 aliphatic carbocycles. The van der Waals surface area contributed by atoms with E-state index in [0.29, 0.717) is 5.11 Å². The van der Waals surface area contributed by atoms with Gasteiger partial charge in [0.05, 0.1) is 6.04 Å². The molecule has 6 heteroatoms. The van der Waals surface area contributed by atoms with Crippen LogP contribution in [0.5, 0.6) is 17.2 Å². The number of anilines is 1. The fraction of sp³-hybridized carbons (Fsp3) is 0.350. The molecular formula is C20H22N2O3S. The van der Waals surface area contributed by atoms with E-state index in [9.17, 15) is 0 Å². The van der Waals surface area contributed by atoms with Gasteiger partial charge >= 0.3 is 0 Å². The molecule has 0 bridgehead atoms. The Morgan fingerprint density at radius 2 is 1.85 bits per heavy atom. The van der Waals surface area contributed by atoms with Gasteiger partial charge in [0.2, 0.25) is 6.79 Å². The molecule has 0 amide bonds. The van der Waals surface area contributed by atoms with Gasteiger partial charge in [0.25, 0.3) is 0 Å². The smallest absolute Gasteiger partial charge is 0.231 e. The molecular weight excluding hydrogens is 348 g/mol. The summed E-state index contributed by atoms with van der Waals surface area (Å²) in [5, 5.41) is 7.25. The van der Waals surface area contributed by atoms with Crippen LogP contribution in [0.1, 0.15) is 37.4 Å². The molecule has 2 heterocycles. The normalized spacial score (nSPS) is 19.3. The molecule has 2 aromatic rings. The Morgan fingerprint density at radius 3 is 2.69 bits per heavy atom. The maximum Gasteiger partial charge on any atom is 0.231 e. The van der Waals surface area contributed by atoms with Crippen molar-refractivity contribution in [2.75, 3.05) is 12.1 Å². The predicted molar refractivity (Wildman–Crippen MR) is 105 cm³/mol. The Morgan fingerprint density at radius 1 is 1.08 bits per heavy atom. The van der Waals surface area contributed by atoms with Gasteiger partial charge in [-0.3, -0.25) is 0 Å². The molecule has 0 radical (unpaired) electrons. The molecule has 136 valence electrons. The molecule has 0 saturated carbocycles. The summed E-state index contributed by atoms with van der Waals surface area (Å²) in [6.07, 6.45) is 0.826. The zero-order chi connectivity index (χ0) is 18.3. The van der Waals surface area contributed by atoms with Gasteiger partial charge in [0, 0.05) is 23.7 Å². The van der Waals surface area contributed by atoms with Crippen molar-refractivity contribution in [3.8, 4) is 17.2 Å². The molecule has 1 atom stereocenters. The number of aryl methyl sites for hydroxylation is 1. The van der Waals surface area contributed by atoms with Crippen molar-refractivity contribution in [2.45, 2.75) is 38.8 Å². The number of thiocarbonyl (C=S) groups is 1. The van der Waals surface area contributed by atoms with Gasteiger partial charge in [-0.05, 0) is 51.2 Å². The Kier molecular flexibility index (Phi) is 4.15. The molecule has 0 unspecified atom stereocenters. The summed E-state index contributed by atoms with van der Waals surface area (Å²) < 4.78 is 16.9. The standard InChI is InChI=1S/C20H22N2O3S/c1-12-4-6-16-14(8-12)15(10-20(2,3)25-16)22-19(26)21-13-5-7-17-18(9-13)24-11-23-17/h4-9,15H,10-11H2,1-3H3,(H2,21,22,26)/t15-/m1/s1. The third-order valence-electron chi connectivity index (χ3n) is 4.56. The zero-order valence-corrected chi connectivity index (χ0v) is 15.9. The van der Waals surface area contributed by atoms with Gasteiger partial charge in [0.1, 0.15) is 11.4 Å². The van der Waals surface area contributed by atoms with Crippen molar-refractivity contribution >= 4 is 23.0 Å². The van der Waals surface area contributed by atoms with E-state index >= 15 is 0 Å². The molecule has 4 rings (SSSR count). The quantitative estimate of drug-likeness (QED) is 0.768. The molecule has 2 aliphatic heterocycles. The summed E-state index contributed by atoms with van der Waals surface area (Å²) >= 11 is 5.55.